The Balaban J connectivity index is 0.00000242. The van der Waals surface area contributed by atoms with Gasteiger partial charge < -0.3 is 15.4 Å². The van der Waals surface area contributed by atoms with Gasteiger partial charge in [-0.1, -0.05) is 42.0 Å². The van der Waals surface area contributed by atoms with Gasteiger partial charge in [-0.25, -0.2) is 0 Å². The van der Waals surface area contributed by atoms with Crippen molar-refractivity contribution in [2.45, 2.75) is 19.3 Å². The zero-order valence-corrected chi connectivity index (χ0v) is 15.5. The van der Waals surface area contributed by atoms with Gasteiger partial charge in [0.2, 0.25) is 0 Å². The minimum atomic E-state index is 0. The zero-order chi connectivity index (χ0) is 14.8. The number of ether oxygens (including phenoxy) is 1. The SMILES string of the molecule is CN=C(NCCC1=CCOCC1)NCCc1ccccc1.I. The third kappa shape index (κ3) is 7.26. The van der Waals surface area contributed by atoms with Crippen LogP contribution in [0.25, 0.3) is 0 Å². The van der Waals surface area contributed by atoms with Crippen LogP contribution in [0, 0.1) is 0 Å². The van der Waals surface area contributed by atoms with Crippen molar-refractivity contribution in [3.8, 4) is 0 Å². The Kier molecular flexibility index (Phi) is 9.90. The van der Waals surface area contributed by atoms with Crippen molar-refractivity contribution in [1.29, 1.82) is 0 Å². The lowest BCUT2D eigenvalue weighted by Crippen LogP contribution is -2.38. The fourth-order valence-electron chi connectivity index (χ4n) is 2.32. The van der Waals surface area contributed by atoms with Gasteiger partial charge in [0.1, 0.15) is 0 Å². The summed E-state index contributed by atoms with van der Waals surface area (Å²) in [7, 11) is 1.81. The van der Waals surface area contributed by atoms with Crippen LogP contribution in [0.3, 0.4) is 0 Å². The van der Waals surface area contributed by atoms with Crippen LogP contribution in [0.5, 0.6) is 0 Å². The number of nitrogens with zero attached hydrogens (tertiary/aromatic N) is 1. The Labute approximate surface area is 150 Å². The molecule has 0 spiro atoms. The molecule has 2 N–H and O–H groups in total. The average Bonchev–Trinajstić information content (AvgIpc) is 2.55. The molecule has 0 fully saturated rings. The first kappa shape index (κ1) is 19.0. The van der Waals surface area contributed by atoms with Crippen molar-refractivity contribution in [3.05, 3.63) is 47.5 Å². The molecule has 0 aromatic heterocycles. The molecule has 0 saturated carbocycles. The van der Waals surface area contributed by atoms with Gasteiger partial charge in [-0.3, -0.25) is 4.99 Å². The molecule has 22 heavy (non-hydrogen) atoms. The summed E-state index contributed by atoms with van der Waals surface area (Å²) < 4.78 is 5.31. The molecule has 122 valence electrons. The maximum Gasteiger partial charge on any atom is 0.190 e. The summed E-state index contributed by atoms with van der Waals surface area (Å²) in [6.45, 7) is 3.42. The average molecular weight is 415 g/mol. The zero-order valence-electron chi connectivity index (χ0n) is 13.2. The highest BCUT2D eigenvalue weighted by Crippen LogP contribution is 2.10. The van der Waals surface area contributed by atoms with Crippen LogP contribution in [0.15, 0.2) is 47.0 Å². The van der Waals surface area contributed by atoms with E-state index in [4.69, 9.17) is 4.74 Å². The van der Waals surface area contributed by atoms with Gasteiger partial charge >= 0.3 is 0 Å². The van der Waals surface area contributed by atoms with E-state index < -0.39 is 0 Å². The molecule has 0 saturated heterocycles. The van der Waals surface area contributed by atoms with Crippen LogP contribution in [0.4, 0.5) is 0 Å². The smallest absolute Gasteiger partial charge is 0.190 e. The summed E-state index contributed by atoms with van der Waals surface area (Å²) in [5, 5.41) is 6.71. The number of aliphatic imine (C=N–C) groups is 1. The molecule has 1 aromatic rings. The third-order valence-corrected chi connectivity index (χ3v) is 3.57. The van der Waals surface area contributed by atoms with Gasteiger partial charge in [0, 0.05) is 20.1 Å². The minimum absolute atomic E-state index is 0. The first-order chi connectivity index (χ1) is 10.4. The van der Waals surface area contributed by atoms with E-state index >= 15 is 0 Å². The van der Waals surface area contributed by atoms with Gasteiger partial charge in [0.15, 0.2) is 5.96 Å². The number of nitrogens with one attached hydrogen (secondary N) is 2. The Morgan fingerprint density at radius 1 is 1.14 bits per heavy atom. The van der Waals surface area contributed by atoms with Crippen molar-refractivity contribution in [3.63, 3.8) is 0 Å². The lowest BCUT2D eigenvalue weighted by molar-refractivity contribution is 0.153. The molecule has 2 rings (SSSR count). The molecule has 4 nitrogen and oxygen atoms in total. The number of guanidine groups is 1. The third-order valence-electron chi connectivity index (χ3n) is 3.57. The second-order valence-electron chi connectivity index (χ2n) is 5.10. The largest absolute Gasteiger partial charge is 0.377 e. The Bertz CT molecular complexity index is 474. The van der Waals surface area contributed by atoms with E-state index in [1.165, 1.54) is 11.1 Å². The van der Waals surface area contributed by atoms with Crippen LogP contribution in [-0.4, -0.2) is 39.3 Å². The first-order valence-electron chi connectivity index (χ1n) is 7.62. The molecular formula is C17H26IN3O. The van der Waals surface area contributed by atoms with Crippen LogP contribution < -0.4 is 10.6 Å². The van der Waals surface area contributed by atoms with Crippen molar-refractivity contribution in [2.24, 2.45) is 4.99 Å². The van der Waals surface area contributed by atoms with E-state index in [0.717, 1.165) is 51.5 Å². The van der Waals surface area contributed by atoms with Crippen molar-refractivity contribution in [1.82, 2.24) is 10.6 Å². The molecule has 0 atom stereocenters. The molecule has 1 heterocycles. The van der Waals surface area contributed by atoms with E-state index in [1.807, 2.05) is 13.1 Å². The second kappa shape index (κ2) is 11.5. The van der Waals surface area contributed by atoms with E-state index in [9.17, 15) is 0 Å². The Morgan fingerprint density at radius 3 is 2.50 bits per heavy atom. The second-order valence-corrected chi connectivity index (χ2v) is 5.10. The number of hydrogen-bond donors (Lipinski definition) is 2. The number of hydrogen-bond acceptors (Lipinski definition) is 2. The predicted octanol–water partition coefficient (Wildman–Crippen LogP) is 2.75. The molecule has 1 aliphatic heterocycles. The van der Waals surface area contributed by atoms with E-state index in [-0.39, 0.29) is 24.0 Å². The molecule has 0 aliphatic carbocycles. The minimum Gasteiger partial charge on any atom is -0.377 e. The summed E-state index contributed by atoms with van der Waals surface area (Å²) in [6.07, 6.45) is 5.31. The van der Waals surface area contributed by atoms with E-state index in [0.29, 0.717) is 0 Å². The maximum absolute atomic E-state index is 5.31. The highest BCUT2D eigenvalue weighted by molar-refractivity contribution is 14.0. The Morgan fingerprint density at radius 2 is 1.86 bits per heavy atom. The molecule has 1 aromatic carbocycles. The highest BCUT2D eigenvalue weighted by atomic mass is 127. The summed E-state index contributed by atoms with van der Waals surface area (Å²) >= 11 is 0. The summed E-state index contributed by atoms with van der Waals surface area (Å²) in [6, 6.07) is 10.5. The van der Waals surface area contributed by atoms with Crippen LogP contribution in [-0.2, 0) is 11.2 Å². The lowest BCUT2D eigenvalue weighted by Gasteiger charge is -2.15. The number of halogens is 1. The quantitative estimate of drug-likeness (QED) is 0.325. The summed E-state index contributed by atoms with van der Waals surface area (Å²) in [4.78, 5) is 4.25. The van der Waals surface area contributed by atoms with Gasteiger partial charge in [-0.2, -0.15) is 0 Å². The standard InChI is InChI=1S/C17H25N3O.HI/c1-18-17(19-11-7-15-5-3-2-4-6-15)20-12-8-16-9-13-21-14-10-16;/h2-6,9H,7-8,10-14H2,1H3,(H2,18,19,20);1H. The van der Waals surface area contributed by atoms with Crippen molar-refractivity contribution < 1.29 is 4.74 Å². The predicted molar refractivity (Wildman–Crippen MR) is 103 cm³/mol. The van der Waals surface area contributed by atoms with Crippen LogP contribution in [0.1, 0.15) is 18.4 Å². The van der Waals surface area contributed by atoms with E-state index in [2.05, 4.69) is 46.0 Å². The summed E-state index contributed by atoms with van der Waals surface area (Å²) in [5.41, 5.74) is 2.82. The maximum atomic E-state index is 5.31. The van der Waals surface area contributed by atoms with Gasteiger partial charge in [0.25, 0.3) is 0 Å². The normalized spacial score (nSPS) is 14.8. The Hall–Kier alpha value is -1.08. The van der Waals surface area contributed by atoms with Gasteiger partial charge in [0.05, 0.1) is 13.2 Å². The van der Waals surface area contributed by atoms with Crippen LogP contribution in [0.2, 0.25) is 0 Å². The first-order valence-corrected chi connectivity index (χ1v) is 7.62. The fourth-order valence-corrected chi connectivity index (χ4v) is 2.32. The number of rotatable bonds is 6. The molecule has 1 aliphatic rings. The number of benzene rings is 1. The lowest BCUT2D eigenvalue weighted by atomic mass is 10.1. The van der Waals surface area contributed by atoms with Crippen LogP contribution >= 0.6 is 24.0 Å². The summed E-state index contributed by atoms with van der Waals surface area (Å²) in [5.74, 6) is 0.874. The molecule has 0 radical (unpaired) electrons. The molecule has 0 unspecified atom stereocenters. The highest BCUT2D eigenvalue weighted by Gasteiger charge is 2.04. The fraction of sp³-hybridized carbons (Fsp3) is 0.471. The molecule has 0 bridgehead atoms. The van der Waals surface area contributed by atoms with Crippen molar-refractivity contribution in [2.75, 3.05) is 33.4 Å². The van der Waals surface area contributed by atoms with Crippen molar-refractivity contribution >= 4 is 29.9 Å². The topological polar surface area (TPSA) is 45.7 Å². The van der Waals surface area contributed by atoms with E-state index in [1.54, 1.807) is 0 Å². The van der Waals surface area contributed by atoms with Gasteiger partial charge in [-0.05, 0) is 24.8 Å². The molecule has 5 heteroatoms. The monoisotopic (exact) mass is 415 g/mol. The van der Waals surface area contributed by atoms with Gasteiger partial charge in [-0.15, -0.1) is 24.0 Å². The molecular weight excluding hydrogens is 389 g/mol. The molecule has 0 amide bonds.